The van der Waals surface area contributed by atoms with Crippen molar-refractivity contribution in [1.29, 1.82) is 0 Å². The highest BCUT2D eigenvalue weighted by Gasteiger charge is 2.30. The van der Waals surface area contributed by atoms with Gasteiger partial charge in [0.1, 0.15) is 12.2 Å². The molecule has 0 bridgehead atoms. The number of hydrogen-bond donors (Lipinski definition) is 4. The Morgan fingerprint density at radius 3 is 1.94 bits per heavy atom. The molecule has 0 aromatic heterocycles. The third-order valence-electron chi connectivity index (χ3n) is 5.44. The van der Waals surface area contributed by atoms with E-state index >= 15 is 0 Å². The van der Waals surface area contributed by atoms with Crippen molar-refractivity contribution in [2.24, 2.45) is 16.9 Å². The molecular formula is C26H37N3O5. The van der Waals surface area contributed by atoms with Gasteiger partial charge in [0.05, 0.1) is 18.8 Å². The van der Waals surface area contributed by atoms with Gasteiger partial charge in [-0.25, -0.2) is 4.79 Å². The molecule has 0 aliphatic carbocycles. The van der Waals surface area contributed by atoms with Crippen LogP contribution in [-0.4, -0.2) is 54.6 Å². The number of rotatable bonds is 12. The molecule has 4 atom stereocenters. The third-order valence-corrected chi connectivity index (χ3v) is 5.44. The highest BCUT2D eigenvalue weighted by atomic mass is 16.6. The summed E-state index contributed by atoms with van der Waals surface area (Å²) in [7, 11) is 0. The summed E-state index contributed by atoms with van der Waals surface area (Å²) in [5, 5.41) is 13.9. The largest absolute Gasteiger partial charge is 0.443 e. The Hall–Kier alpha value is -2.94. The highest BCUT2D eigenvalue weighted by molar-refractivity contribution is 5.81. The van der Waals surface area contributed by atoms with Crippen molar-refractivity contribution in [3.05, 3.63) is 71.8 Å². The summed E-state index contributed by atoms with van der Waals surface area (Å²) < 4.78 is 11.2. The van der Waals surface area contributed by atoms with E-state index in [1.807, 2.05) is 81.4 Å². The standard InChI is InChI=1S/C26H37N3O5/c1-26(2,3)24(31)29-20(14-18-10-6-4-7-11-18)21(30)17-33-23(16-27)22(34-25(28)32)15-19-12-8-5-9-13-19/h4-13,20-23,30H,14-17,27H2,1-3H3,(H2,28,32)(H,29,31). The number of amides is 2. The number of carbonyl (C=O) groups excluding carboxylic acids is 2. The molecule has 2 amide bonds. The molecule has 2 aromatic carbocycles. The average molecular weight is 472 g/mol. The average Bonchev–Trinajstić information content (AvgIpc) is 2.79. The summed E-state index contributed by atoms with van der Waals surface area (Å²) >= 11 is 0. The van der Waals surface area contributed by atoms with Crippen molar-refractivity contribution >= 4 is 12.0 Å². The topological polar surface area (TPSA) is 137 Å². The maximum absolute atomic E-state index is 12.6. The number of nitrogens with two attached hydrogens (primary N) is 2. The van der Waals surface area contributed by atoms with Crippen LogP contribution in [0.3, 0.4) is 0 Å². The van der Waals surface area contributed by atoms with Crippen LogP contribution in [0.25, 0.3) is 0 Å². The number of aliphatic hydroxyl groups is 1. The molecule has 0 saturated heterocycles. The normalized spacial score (nSPS) is 15.1. The summed E-state index contributed by atoms with van der Waals surface area (Å²) in [5.41, 5.74) is 12.5. The van der Waals surface area contributed by atoms with Crippen molar-refractivity contribution in [1.82, 2.24) is 5.32 Å². The second-order valence-electron chi connectivity index (χ2n) is 9.36. The molecule has 0 saturated carbocycles. The van der Waals surface area contributed by atoms with Crippen LogP contribution in [-0.2, 0) is 27.1 Å². The van der Waals surface area contributed by atoms with Crippen LogP contribution in [0.4, 0.5) is 4.79 Å². The smallest absolute Gasteiger partial charge is 0.404 e. The maximum Gasteiger partial charge on any atom is 0.404 e. The third kappa shape index (κ3) is 9.13. The van der Waals surface area contributed by atoms with Crippen molar-refractivity contribution < 1.29 is 24.2 Å². The quantitative estimate of drug-likeness (QED) is 0.374. The number of benzene rings is 2. The van der Waals surface area contributed by atoms with Gasteiger partial charge in [0.2, 0.25) is 5.91 Å². The van der Waals surface area contributed by atoms with Crippen molar-refractivity contribution in [3.63, 3.8) is 0 Å². The van der Waals surface area contributed by atoms with E-state index < -0.39 is 35.9 Å². The number of ether oxygens (including phenoxy) is 2. The van der Waals surface area contributed by atoms with E-state index in [0.717, 1.165) is 11.1 Å². The molecule has 0 radical (unpaired) electrons. The van der Waals surface area contributed by atoms with Gasteiger partial charge < -0.3 is 31.4 Å². The molecule has 8 nitrogen and oxygen atoms in total. The lowest BCUT2D eigenvalue weighted by Gasteiger charge is -2.30. The summed E-state index contributed by atoms with van der Waals surface area (Å²) in [6, 6.07) is 18.4. The number of primary amides is 1. The van der Waals surface area contributed by atoms with Gasteiger partial charge >= 0.3 is 6.09 Å². The fourth-order valence-corrected chi connectivity index (χ4v) is 3.45. The number of aliphatic hydroxyl groups excluding tert-OH is 1. The lowest BCUT2D eigenvalue weighted by molar-refractivity contribution is -0.131. The summed E-state index contributed by atoms with van der Waals surface area (Å²) in [4.78, 5) is 24.1. The second-order valence-corrected chi connectivity index (χ2v) is 9.36. The molecule has 4 unspecified atom stereocenters. The van der Waals surface area contributed by atoms with Gasteiger partial charge in [-0.1, -0.05) is 81.4 Å². The van der Waals surface area contributed by atoms with Gasteiger partial charge in [-0.2, -0.15) is 0 Å². The first-order valence-electron chi connectivity index (χ1n) is 11.4. The van der Waals surface area contributed by atoms with E-state index in [2.05, 4.69) is 5.32 Å². The Bertz CT molecular complexity index is 886. The lowest BCUT2D eigenvalue weighted by atomic mass is 9.93. The number of carbonyl (C=O) groups is 2. The van der Waals surface area contributed by atoms with Gasteiger partial charge in [0.15, 0.2) is 0 Å². The molecule has 6 N–H and O–H groups in total. The van der Waals surface area contributed by atoms with Crippen LogP contribution >= 0.6 is 0 Å². The van der Waals surface area contributed by atoms with Crippen LogP contribution in [0.5, 0.6) is 0 Å². The summed E-state index contributed by atoms with van der Waals surface area (Å²) in [6.07, 6.45) is -2.59. The fourth-order valence-electron chi connectivity index (χ4n) is 3.45. The van der Waals surface area contributed by atoms with Crippen molar-refractivity contribution in [2.45, 2.75) is 58.0 Å². The van der Waals surface area contributed by atoms with E-state index in [-0.39, 0.29) is 19.1 Å². The molecule has 2 rings (SSSR count). The van der Waals surface area contributed by atoms with E-state index in [9.17, 15) is 14.7 Å². The zero-order chi connectivity index (χ0) is 25.1. The van der Waals surface area contributed by atoms with Crippen LogP contribution in [0, 0.1) is 5.41 Å². The Morgan fingerprint density at radius 2 is 1.47 bits per heavy atom. The summed E-state index contributed by atoms with van der Waals surface area (Å²) in [6.45, 7) is 5.37. The molecule has 0 aliphatic rings. The monoisotopic (exact) mass is 471 g/mol. The molecule has 34 heavy (non-hydrogen) atoms. The number of hydrogen-bond acceptors (Lipinski definition) is 6. The molecule has 0 spiro atoms. The van der Waals surface area contributed by atoms with Crippen LogP contribution in [0.15, 0.2) is 60.7 Å². The van der Waals surface area contributed by atoms with Gasteiger partial charge in [-0.3, -0.25) is 4.79 Å². The minimum absolute atomic E-state index is 0.0508. The zero-order valence-electron chi connectivity index (χ0n) is 20.1. The van der Waals surface area contributed by atoms with Crippen LogP contribution in [0.1, 0.15) is 31.9 Å². The zero-order valence-corrected chi connectivity index (χ0v) is 20.1. The number of nitrogens with one attached hydrogen (secondary N) is 1. The first-order chi connectivity index (χ1) is 16.1. The van der Waals surface area contributed by atoms with Gasteiger partial charge in [0, 0.05) is 18.4 Å². The Labute approximate surface area is 201 Å². The van der Waals surface area contributed by atoms with Crippen molar-refractivity contribution in [2.75, 3.05) is 13.2 Å². The van der Waals surface area contributed by atoms with Gasteiger partial charge in [0.25, 0.3) is 0 Å². The Kier molecular flexibility index (Phi) is 10.5. The van der Waals surface area contributed by atoms with E-state index in [1.165, 1.54) is 0 Å². The van der Waals surface area contributed by atoms with Crippen LogP contribution in [0.2, 0.25) is 0 Å². The maximum atomic E-state index is 12.6. The molecule has 186 valence electrons. The first kappa shape index (κ1) is 27.3. The van der Waals surface area contributed by atoms with Gasteiger partial charge in [-0.15, -0.1) is 0 Å². The predicted molar refractivity (Wildman–Crippen MR) is 131 cm³/mol. The second kappa shape index (κ2) is 13.1. The molecule has 8 heteroatoms. The molecule has 0 aliphatic heterocycles. The lowest BCUT2D eigenvalue weighted by Crippen LogP contribution is -2.51. The first-order valence-corrected chi connectivity index (χ1v) is 11.4. The predicted octanol–water partition coefficient (Wildman–Crippen LogP) is 2.17. The van der Waals surface area contributed by atoms with Gasteiger partial charge in [-0.05, 0) is 17.5 Å². The highest BCUT2D eigenvalue weighted by Crippen LogP contribution is 2.17. The summed E-state index contributed by atoms with van der Waals surface area (Å²) in [5.74, 6) is -0.179. The minimum atomic E-state index is -1.02. The fraction of sp³-hybridized carbons (Fsp3) is 0.462. The van der Waals surface area contributed by atoms with Crippen molar-refractivity contribution in [3.8, 4) is 0 Å². The molecular weight excluding hydrogens is 434 g/mol. The van der Waals surface area contributed by atoms with E-state index in [0.29, 0.717) is 12.8 Å². The Morgan fingerprint density at radius 1 is 0.941 bits per heavy atom. The molecule has 2 aromatic rings. The van der Waals surface area contributed by atoms with E-state index in [1.54, 1.807) is 0 Å². The Balaban J connectivity index is 2.11. The molecule has 0 heterocycles. The molecule has 0 fully saturated rings. The van der Waals surface area contributed by atoms with E-state index in [4.69, 9.17) is 20.9 Å². The SMILES string of the molecule is CC(C)(C)C(=O)NC(Cc1ccccc1)C(O)COC(CN)C(Cc1ccccc1)OC(N)=O. The van der Waals surface area contributed by atoms with Crippen LogP contribution < -0.4 is 16.8 Å². The minimum Gasteiger partial charge on any atom is -0.443 e.